The number of nitrogens with zero attached hydrogens (tertiary/aromatic N) is 3. The van der Waals surface area contributed by atoms with Crippen LogP contribution in [0.2, 0.25) is 0 Å². The highest BCUT2D eigenvalue weighted by Crippen LogP contribution is 2.27. The van der Waals surface area contributed by atoms with Crippen LogP contribution in [-0.4, -0.2) is 131 Å². The molecule has 5 rings (SSSR count). The molecule has 0 saturated carbocycles. The number of rotatable bonds is 19. The van der Waals surface area contributed by atoms with Gasteiger partial charge in [0.2, 0.25) is 11.8 Å². The van der Waals surface area contributed by atoms with Gasteiger partial charge in [-0.05, 0) is 68.2 Å². The van der Waals surface area contributed by atoms with Gasteiger partial charge in [0.25, 0.3) is 0 Å². The summed E-state index contributed by atoms with van der Waals surface area (Å²) in [5.41, 5.74) is 3.82. The molecule has 3 aliphatic rings. The van der Waals surface area contributed by atoms with Crippen LogP contribution in [0, 0.1) is 11.8 Å². The molecule has 0 aromatic heterocycles. The number of esters is 2. The molecule has 2 aromatic carbocycles. The molecule has 3 aliphatic heterocycles. The second-order valence-corrected chi connectivity index (χ2v) is 16.0. The minimum atomic E-state index is -1.06. The Morgan fingerprint density at radius 2 is 1.07 bits per heavy atom. The van der Waals surface area contributed by atoms with Gasteiger partial charge in [-0.3, -0.25) is 33.7 Å². The van der Waals surface area contributed by atoms with E-state index in [2.05, 4.69) is 4.90 Å². The Morgan fingerprint density at radius 1 is 0.672 bits per heavy atom. The molecular weight excluding hydrogens is 746 g/mol. The van der Waals surface area contributed by atoms with Crippen molar-refractivity contribution >= 4 is 35.3 Å². The van der Waals surface area contributed by atoms with Crippen LogP contribution in [0.15, 0.2) is 48.5 Å². The summed E-state index contributed by atoms with van der Waals surface area (Å²) in [7, 11) is 2.47. The summed E-state index contributed by atoms with van der Waals surface area (Å²) >= 11 is 0. The molecular formula is C44H59N3O11. The van der Waals surface area contributed by atoms with Gasteiger partial charge >= 0.3 is 11.9 Å². The number of benzene rings is 2. The van der Waals surface area contributed by atoms with E-state index in [9.17, 15) is 39.0 Å². The van der Waals surface area contributed by atoms with Gasteiger partial charge in [-0.1, -0.05) is 48.5 Å². The van der Waals surface area contributed by atoms with E-state index in [0.717, 1.165) is 28.7 Å². The Morgan fingerprint density at radius 3 is 1.41 bits per heavy atom. The largest absolute Gasteiger partial charge is 0.469 e. The lowest BCUT2D eigenvalue weighted by atomic mass is 9.96. The zero-order valence-corrected chi connectivity index (χ0v) is 34.2. The van der Waals surface area contributed by atoms with E-state index in [1.165, 1.54) is 37.9 Å². The third-order valence-electron chi connectivity index (χ3n) is 11.8. The predicted octanol–water partition coefficient (Wildman–Crippen LogP) is 2.80. The van der Waals surface area contributed by atoms with Gasteiger partial charge in [-0.25, -0.2) is 0 Å². The summed E-state index contributed by atoms with van der Waals surface area (Å²) in [6.07, 6.45) is 1.01. The van der Waals surface area contributed by atoms with Crippen LogP contribution in [0.3, 0.4) is 0 Å². The summed E-state index contributed by atoms with van der Waals surface area (Å²) in [6.45, 7) is 6.35. The van der Waals surface area contributed by atoms with Crippen molar-refractivity contribution < 1.29 is 53.2 Å². The lowest BCUT2D eigenvalue weighted by Gasteiger charge is -2.29. The normalized spacial score (nSPS) is 21.4. The number of ketones is 2. The highest BCUT2D eigenvalue weighted by molar-refractivity contribution is 5.93. The monoisotopic (exact) mass is 805 g/mol. The van der Waals surface area contributed by atoms with Gasteiger partial charge in [0, 0.05) is 51.7 Å². The highest BCUT2D eigenvalue weighted by Gasteiger charge is 2.40. The van der Waals surface area contributed by atoms with Crippen molar-refractivity contribution in [3.05, 3.63) is 70.8 Å². The maximum atomic E-state index is 13.5. The number of hydrogen-bond donors (Lipinski definition) is 2. The average molecular weight is 806 g/mol. The topological polar surface area (TPSA) is 180 Å². The van der Waals surface area contributed by atoms with Crippen molar-refractivity contribution in [2.24, 2.45) is 11.8 Å². The highest BCUT2D eigenvalue weighted by atomic mass is 16.5. The summed E-state index contributed by atoms with van der Waals surface area (Å²) in [5.74, 6) is -4.09. The van der Waals surface area contributed by atoms with Gasteiger partial charge in [-0.2, -0.15) is 0 Å². The number of aliphatic hydroxyl groups excluding tert-OH is 2. The molecule has 58 heavy (non-hydrogen) atoms. The number of likely N-dealkylation sites (tertiary alicyclic amines) is 2. The lowest BCUT2D eigenvalue weighted by Crippen LogP contribution is -2.47. The Bertz CT molecular complexity index is 1620. The Hall–Kier alpha value is -4.50. The first-order valence-electron chi connectivity index (χ1n) is 20.4. The lowest BCUT2D eigenvalue weighted by molar-refractivity contribution is -0.151. The van der Waals surface area contributed by atoms with E-state index < -0.39 is 59.9 Å². The van der Waals surface area contributed by atoms with E-state index in [0.29, 0.717) is 65.1 Å². The first-order valence-corrected chi connectivity index (χ1v) is 20.4. The van der Waals surface area contributed by atoms with Crippen LogP contribution in [0.4, 0.5) is 0 Å². The minimum Gasteiger partial charge on any atom is -0.469 e. The predicted molar refractivity (Wildman–Crippen MR) is 212 cm³/mol. The van der Waals surface area contributed by atoms with Gasteiger partial charge < -0.3 is 34.2 Å². The van der Waals surface area contributed by atoms with Crippen molar-refractivity contribution in [1.29, 1.82) is 0 Å². The van der Waals surface area contributed by atoms with E-state index in [1.54, 1.807) is 0 Å². The number of Topliss-reactive ketones (excluding diaryl/α,β-unsaturated/α-hetero) is 2. The molecule has 0 spiro atoms. The Kier molecular flexibility index (Phi) is 16.1. The van der Waals surface area contributed by atoms with Gasteiger partial charge in [-0.15, -0.1) is 0 Å². The molecule has 0 radical (unpaired) electrons. The van der Waals surface area contributed by atoms with Crippen molar-refractivity contribution in [3.8, 4) is 0 Å². The van der Waals surface area contributed by atoms with Gasteiger partial charge in [0.1, 0.15) is 0 Å². The van der Waals surface area contributed by atoms with Crippen molar-refractivity contribution in [1.82, 2.24) is 14.7 Å². The Labute approximate surface area is 340 Å². The smallest absolute Gasteiger partial charge is 0.306 e. The SMILES string of the molecule is COC(=O)C[C@H](C(=O)N1CCC[C@H]1C(=O)Cc1ccc(CN(Cc2ccc(CC(=O)[C@@H]3CCCN3C(=O)[C@@H](CC(=O)OC)C(C)O)cc2)[C@@H]2CCOC2)cc1)C(C)O. The Balaban J connectivity index is 1.18. The van der Waals surface area contributed by atoms with E-state index >= 15 is 0 Å². The first kappa shape index (κ1) is 44.6. The number of aliphatic hydroxyl groups is 2. The standard InChI is InChI=1S/C44H59N3O11/c1-28(48)35(23-41(52)56-3)43(54)46-18-5-7-37(46)39(50)21-30-9-13-32(14-10-30)25-45(34-17-20-58-27-34)26-33-15-11-31(12-16-33)22-40(51)38-8-6-19-47(38)44(55)36(29(2)49)24-42(53)57-4/h9-16,28-29,34-38,48-49H,5-8,17-27H2,1-4H3/t28?,29?,34-,35+,36+,37+,38+/m1/s1. The molecule has 2 N–H and O–H groups in total. The summed E-state index contributed by atoms with van der Waals surface area (Å²) in [6, 6.07) is 14.9. The molecule has 14 heteroatoms. The number of carbonyl (C=O) groups excluding carboxylic acids is 6. The number of amides is 2. The minimum absolute atomic E-state index is 0.0782. The third-order valence-corrected chi connectivity index (χ3v) is 11.8. The maximum Gasteiger partial charge on any atom is 0.306 e. The van der Waals surface area contributed by atoms with E-state index in [1.807, 2.05) is 48.5 Å². The van der Waals surface area contributed by atoms with Gasteiger partial charge in [0.15, 0.2) is 11.6 Å². The van der Waals surface area contributed by atoms with Crippen molar-refractivity contribution in [2.75, 3.05) is 40.5 Å². The second-order valence-electron chi connectivity index (χ2n) is 16.0. The fraction of sp³-hybridized carbons (Fsp3) is 0.591. The first-order chi connectivity index (χ1) is 27.8. The fourth-order valence-corrected chi connectivity index (χ4v) is 8.37. The third kappa shape index (κ3) is 11.6. The second kappa shape index (κ2) is 21.0. The van der Waals surface area contributed by atoms with Gasteiger partial charge in [0.05, 0.1) is 69.8 Å². The van der Waals surface area contributed by atoms with Crippen LogP contribution >= 0.6 is 0 Å². The van der Waals surface area contributed by atoms with Crippen molar-refractivity contribution in [3.63, 3.8) is 0 Å². The number of methoxy groups -OCH3 is 2. The molecule has 0 aliphatic carbocycles. The van der Waals surface area contributed by atoms with Crippen LogP contribution in [-0.2, 0) is 68.9 Å². The quantitative estimate of drug-likeness (QED) is 0.199. The number of ether oxygens (including phenoxy) is 3. The summed E-state index contributed by atoms with van der Waals surface area (Å²) in [4.78, 5) is 82.9. The molecule has 2 unspecified atom stereocenters. The molecule has 2 aromatic rings. The van der Waals surface area contributed by atoms with E-state index in [4.69, 9.17) is 14.2 Å². The van der Waals surface area contributed by atoms with Crippen LogP contribution < -0.4 is 0 Å². The zero-order valence-electron chi connectivity index (χ0n) is 34.2. The summed E-state index contributed by atoms with van der Waals surface area (Å²) in [5, 5.41) is 20.5. The molecule has 7 atom stereocenters. The molecule has 316 valence electrons. The van der Waals surface area contributed by atoms with Crippen molar-refractivity contribution in [2.45, 2.75) is 115 Å². The van der Waals surface area contributed by atoms with Crippen LogP contribution in [0.5, 0.6) is 0 Å². The fourth-order valence-electron chi connectivity index (χ4n) is 8.37. The van der Waals surface area contributed by atoms with Crippen LogP contribution in [0.1, 0.15) is 81.0 Å². The zero-order chi connectivity index (χ0) is 41.9. The molecule has 3 saturated heterocycles. The molecule has 14 nitrogen and oxygen atoms in total. The van der Waals surface area contributed by atoms with E-state index in [-0.39, 0.29) is 43.3 Å². The number of hydrogen-bond acceptors (Lipinski definition) is 12. The average Bonchev–Trinajstić information content (AvgIpc) is 4.02. The summed E-state index contributed by atoms with van der Waals surface area (Å²) < 4.78 is 15.2. The maximum absolute atomic E-state index is 13.5. The number of carbonyl (C=O) groups is 6. The molecule has 2 amide bonds. The molecule has 3 fully saturated rings. The molecule has 0 bridgehead atoms. The van der Waals surface area contributed by atoms with Crippen LogP contribution in [0.25, 0.3) is 0 Å². The molecule has 3 heterocycles.